The van der Waals surface area contributed by atoms with Crippen LogP contribution in [-0.4, -0.2) is 20.7 Å². The van der Waals surface area contributed by atoms with Crippen molar-refractivity contribution in [1.82, 2.24) is 0 Å². The Hall–Kier alpha value is -1.07. The first kappa shape index (κ1) is 13.0. The summed E-state index contributed by atoms with van der Waals surface area (Å²) in [6, 6.07) is 5.49. The van der Waals surface area contributed by atoms with Crippen molar-refractivity contribution in [3.63, 3.8) is 0 Å². The van der Waals surface area contributed by atoms with Gasteiger partial charge in [-0.25, -0.2) is 8.42 Å². The molecule has 0 aromatic heterocycles. The number of nitrogens with one attached hydrogen (secondary N) is 1. The monoisotopic (exact) mass is 242 g/mol. The zero-order valence-electron chi connectivity index (χ0n) is 9.66. The fourth-order valence-electron chi connectivity index (χ4n) is 1.31. The van der Waals surface area contributed by atoms with Crippen LogP contribution in [0.5, 0.6) is 0 Å². The first-order valence-electron chi connectivity index (χ1n) is 5.22. The minimum atomic E-state index is -3.26. The van der Waals surface area contributed by atoms with Gasteiger partial charge in [-0.1, -0.05) is 6.07 Å². The first-order chi connectivity index (χ1) is 7.44. The van der Waals surface area contributed by atoms with Crippen molar-refractivity contribution in [3.8, 4) is 0 Å². The zero-order valence-corrected chi connectivity index (χ0v) is 10.5. The summed E-state index contributed by atoms with van der Waals surface area (Å²) in [6.07, 6.45) is 0.472. The van der Waals surface area contributed by atoms with Gasteiger partial charge in [-0.2, -0.15) is 0 Å². The fraction of sp³-hybridized carbons (Fsp3) is 0.455. The van der Waals surface area contributed by atoms with E-state index in [0.717, 1.165) is 11.1 Å². The van der Waals surface area contributed by atoms with Crippen molar-refractivity contribution >= 4 is 15.7 Å². The van der Waals surface area contributed by atoms with E-state index in [4.69, 9.17) is 5.73 Å². The molecule has 3 N–H and O–H groups in total. The van der Waals surface area contributed by atoms with Crippen LogP contribution < -0.4 is 10.5 Å². The van der Waals surface area contributed by atoms with E-state index in [0.29, 0.717) is 18.7 Å². The van der Waals surface area contributed by atoms with E-state index in [9.17, 15) is 8.42 Å². The fourth-order valence-corrected chi connectivity index (χ4v) is 2.44. The summed E-state index contributed by atoms with van der Waals surface area (Å²) in [5.41, 5.74) is 8.10. The highest BCUT2D eigenvalue weighted by atomic mass is 32.2. The summed E-state index contributed by atoms with van der Waals surface area (Å²) < 4.78 is 25.7. The highest BCUT2D eigenvalue weighted by Crippen LogP contribution is 2.15. The first-order valence-corrected chi connectivity index (χ1v) is 6.87. The molecule has 0 radical (unpaired) electrons. The summed E-state index contributed by atoms with van der Waals surface area (Å²) in [7, 11) is -3.26. The standard InChI is InChI=1S/C11H18N2O2S/c1-9-4-5-11(8-10(9)2)13-16(14,15)7-3-6-12/h4-5,8,13H,3,6-7,12H2,1-2H3. The number of hydrogen-bond acceptors (Lipinski definition) is 3. The topological polar surface area (TPSA) is 72.2 Å². The molecule has 0 heterocycles. The Morgan fingerprint density at radius 3 is 2.50 bits per heavy atom. The Kier molecular flexibility index (Phi) is 4.32. The molecule has 0 fully saturated rings. The third kappa shape index (κ3) is 3.83. The molecule has 0 aliphatic carbocycles. The van der Waals surface area contributed by atoms with Crippen molar-refractivity contribution in [2.45, 2.75) is 20.3 Å². The lowest BCUT2D eigenvalue weighted by molar-refractivity contribution is 0.599. The molecule has 0 saturated carbocycles. The van der Waals surface area contributed by atoms with E-state index in [2.05, 4.69) is 4.72 Å². The molecule has 0 spiro atoms. The quantitative estimate of drug-likeness (QED) is 0.819. The molecule has 0 bridgehead atoms. The Balaban J connectivity index is 2.76. The molecule has 0 saturated heterocycles. The van der Waals surface area contributed by atoms with Gasteiger partial charge in [-0.05, 0) is 50.1 Å². The van der Waals surface area contributed by atoms with Crippen LogP contribution in [0.1, 0.15) is 17.5 Å². The molecule has 5 heteroatoms. The van der Waals surface area contributed by atoms with Gasteiger partial charge >= 0.3 is 0 Å². The molecule has 0 unspecified atom stereocenters. The second-order valence-electron chi connectivity index (χ2n) is 3.86. The molecule has 1 aromatic carbocycles. The number of rotatable bonds is 5. The summed E-state index contributed by atoms with van der Waals surface area (Å²) in [5.74, 6) is 0.0659. The number of sulfonamides is 1. The maximum atomic E-state index is 11.6. The van der Waals surface area contributed by atoms with Gasteiger partial charge in [0.15, 0.2) is 0 Å². The molecule has 1 aromatic rings. The molecule has 4 nitrogen and oxygen atoms in total. The van der Waals surface area contributed by atoms with E-state index in [1.165, 1.54) is 0 Å². The number of anilines is 1. The van der Waals surface area contributed by atoms with E-state index in [-0.39, 0.29) is 5.75 Å². The van der Waals surface area contributed by atoms with Crippen molar-refractivity contribution in [1.29, 1.82) is 0 Å². The average molecular weight is 242 g/mol. The Labute approximate surface area is 96.9 Å². The number of nitrogens with two attached hydrogens (primary N) is 1. The molecule has 0 amide bonds. The van der Waals surface area contributed by atoms with Crippen LogP contribution in [0.15, 0.2) is 18.2 Å². The van der Waals surface area contributed by atoms with Gasteiger partial charge in [-0.15, -0.1) is 0 Å². The van der Waals surface area contributed by atoms with E-state index >= 15 is 0 Å². The maximum absolute atomic E-state index is 11.6. The minimum absolute atomic E-state index is 0.0659. The Morgan fingerprint density at radius 2 is 1.94 bits per heavy atom. The van der Waals surface area contributed by atoms with Crippen LogP contribution in [0.3, 0.4) is 0 Å². The lowest BCUT2D eigenvalue weighted by atomic mass is 10.1. The van der Waals surface area contributed by atoms with Crippen molar-refractivity contribution < 1.29 is 8.42 Å². The molecule has 0 aliphatic rings. The predicted molar refractivity (Wildman–Crippen MR) is 67.0 cm³/mol. The summed E-state index contributed by atoms with van der Waals surface area (Å²) in [5, 5.41) is 0. The second-order valence-corrected chi connectivity index (χ2v) is 5.70. The van der Waals surface area contributed by atoms with Gasteiger partial charge in [0.25, 0.3) is 0 Å². The van der Waals surface area contributed by atoms with Crippen molar-refractivity contribution in [2.75, 3.05) is 17.0 Å². The molecule has 0 atom stereocenters. The average Bonchev–Trinajstić information content (AvgIpc) is 2.20. The Morgan fingerprint density at radius 1 is 1.25 bits per heavy atom. The molecular formula is C11H18N2O2S. The lowest BCUT2D eigenvalue weighted by Crippen LogP contribution is -2.19. The van der Waals surface area contributed by atoms with E-state index in [1.807, 2.05) is 26.0 Å². The zero-order chi connectivity index (χ0) is 12.2. The molecule has 1 rings (SSSR count). The van der Waals surface area contributed by atoms with Crippen LogP contribution in [0, 0.1) is 13.8 Å². The molecular weight excluding hydrogens is 224 g/mol. The van der Waals surface area contributed by atoms with Gasteiger partial charge in [-0.3, -0.25) is 4.72 Å². The smallest absolute Gasteiger partial charge is 0.232 e. The summed E-state index contributed by atoms with van der Waals surface area (Å²) in [4.78, 5) is 0. The van der Waals surface area contributed by atoms with E-state index < -0.39 is 10.0 Å². The lowest BCUT2D eigenvalue weighted by Gasteiger charge is -2.09. The van der Waals surface area contributed by atoms with Crippen LogP contribution in [0.4, 0.5) is 5.69 Å². The SMILES string of the molecule is Cc1ccc(NS(=O)(=O)CCCN)cc1C. The van der Waals surface area contributed by atoms with Crippen molar-refractivity contribution in [3.05, 3.63) is 29.3 Å². The van der Waals surface area contributed by atoms with E-state index in [1.54, 1.807) is 6.07 Å². The van der Waals surface area contributed by atoms with Crippen LogP contribution >= 0.6 is 0 Å². The number of benzene rings is 1. The van der Waals surface area contributed by atoms with Gasteiger partial charge in [0.1, 0.15) is 0 Å². The second kappa shape index (κ2) is 5.32. The summed E-state index contributed by atoms with van der Waals surface area (Å²) >= 11 is 0. The minimum Gasteiger partial charge on any atom is -0.330 e. The van der Waals surface area contributed by atoms with Crippen LogP contribution in [0.25, 0.3) is 0 Å². The van der Waals surface area contributed by atoms with Gasteiger partial charge in [0.05, 0.1) is 5.75 Å². The maximum Gasteiger partial charge on any atom is 0.232 e. The van der Waals surface area contributed by atoms with Gasteiger partial charge in [0, 0.05) is 5.69 Å². The Bertz CT molecular complexity index is 455. The van der Waals surface area contributed by atoms with Crippen LogP contribution in [-0.2, 0) is 10.0 Å². The van der Waals surface area contributed by atoms with Crippen LogP contribution in [0.2, 0.25) is 0 Å². The highest BCUT2D eigenvalue weighted by Gasteiger charge is 2.09. The van der Waals surface area contributed by atoms with Crippen molar-refractivity contribution in [2.24, 2.45) is 5.73 Å². The van der Waals surface area contributed by atoms with Gasteiger partial charge in [0.2, 0.25) is 10.0 Å². The normalized spacial score (nSPS) is 11.4. The third-order valence-corrected chi connectivity index (χ3v) is 3.77. The molecule has 0 aliphatic heterocycles. The molecule has 16 heavy (non-hydrogen) atoms. The molecule has 90 valence electrons. The highest BCUT2D eigenvalue weighted by molar-refractivity contribution is 7.92. The third-order valence-electron chi connectivity index (χ3n) is 2.40. The number of hydrogen-bond donors (Lipinski definition) is 2. The van der Waals surface area contributed by atoms with Gasteiger partial charge < -0.3 is 5.73 Å². The summed E-state index contributed by atoms with van der Waals surface area (Å²) in [6.45, 7) is 4.32. The number of aryl methyl sites for hydroxylation is 2. The predicted octanol–water partition coefficient (Wildman–Crippen LogP) is 1.39. The largest absolute Gasteiger partial charge is 0.330 e.